The van der Waals surface area contributed by atoms with Crippen molar-refractivity contribution in [3.05, 3.63) is 42.2 Å². The van der Waals surface area contributed by atoms with Crippen LogP contribution in [-0.2, 0) is 12.3 Å². The van der Waals surface area contributed by atoms with Crippen molar-refractivity contribution in [2.45, 2.75) is 6.92 Å². The minimum atomic E-state index is -5.45. The van der Waals surface area contributed by atoms with Gasteiger partial charge in [0.25, 0.3) is 0 Å². The Labute approximate surface area is 138 Å². The molecule has 2 aromatic rings. The van der Waals surface area contributed by atoms with Crippen molar-refractivity contribution in [3.8, 4) is 11.5 Å². The molecule has 9 nitrogen and oxygen atoms in total. The molecule has 0 aliphatic heterocycles. The van der Waals surface area contributed by atoms with Crippen LogP contribution in [0.1, 0.15) is 17.4 Å². The fraction of sp³-hybridized carbons (Fsp3) is 0.0714. The molecule has 2 rings (SSSR count). The SMILES string of the molecule is CC(=O)Nc1cc(O)ccc1[As](=O)(O)OC(=O)c1ncccc1O. The topological polar surface area (TPSA) is 146 Å². The van der Waals surface area contributed by atoms with Gasteiger partial charge in [-0.2, -0.15) is 0 Å². The summed E-state index contributed by atoms with van der Waals surface area (Å²) >= 11 is -5.45. The molecule has 1 amide bonds. The number of rotatable bonds is 4. The number of benzene rings is 1. The minimum absolute atomic E-state index is 0.162. The molecular weight excluding hydrogens is 383 g/mol. The molecule has 0 aliphatic rings. The van der Waals surface area contributed by atoms with Crippen LogP contribution in [-0.4, -0.2) is 45.3 Å². The molecule has 1 aromatic carbocycles. The van der Waals surface area contributed by atoms with Gasteiger partial charge in [0.15, 0.2) is 0 Å². The van der Waals surface area contributed by atoms with Crippen molar-refractivity contribution in [2.24, 2.45) is 0 Å². The molecule has 1 heterocycles. The molecule has 0 bridgehead atoms. The average Bonchev–Trinajstić information content (AvgIpc) is 2.46. The molecule has 0 fully saturated rings. The number of pyridine rings is 1. The summed E-state index contributed by atoms with van der Waals surface area (Å²) in [6.45, 7) is 1.17. The summed E-state index contributed by atoms with van der Waals surface area (Å²) in [6, 6.07) is 5.75. The summed E-state index contributed by atoms with van der Waals surface area (Å²) in [5.41, 5.74) is -0.682. The van der Waals surface area contributed by atoms with E-state index in [9.17, 15) is 27.6 Å². The van der Waals surface area contributed by atoms with Gasteiger partial charge in [-0.3, -0.25) is 0 Å². The van der Waals surface area contributed by atoms with E-state index in [1.54, 1.807) is 0 Å². The van der Waals surface area contributed by atoms with E-state index >= 15 is 0 Å². The quantitative estimate of drug-likeness (QED) is 0.523. The van der Waals surface area contributed by atoms with Crippen LogP contribution >= 0.6 is 0 Å². The van der Waals surface area contributed by atoms with Gasteiger partial charge in [-0.05, 0) is 0 Å². The van der Waals surface area contributed by atoms with Gasteiger partial charge in [0.05, 0.1) is 0 Å². The zero-order valence-electron chi connectivity index (χ0n) is 12.3. The fourth-order valence-electron chi connectivity index (χ4n) is 1.82. The van der Waals surface area contributed by atoms with Gasteiger partial charge in [-0.15, -0.1) is 0 Å². The van der Waals surface area contributed by atoms with Crippen LogP contribution in [0, 0.1) is 0 Å². The fourth-order valence-corrected chi connectivity index (χ4v) is 4.12. The maximum atomic E-state index is 12.5. The number of aromatic nitrogens is 1. The second-order valence-electron chi connectivity index (χ2n) is 4.65. The van der Waals surface area contributed by atoms with Crippen molar-refractivity contribution in [2.75, 3.05) is 5.32 Å². The first-order valence-electron chi connectivity index (χ1n) is 6.52. The Hall–Kier alpha value is -2.77. The van der Waals surface area contributed by atoms with E-state index in [-0.39, 0.29) is 15.8 Å². The van der Waals surface area contributed by atoms with E-state index < -0.39 is 37.5 Å². The molecule has 0 aliphatic carbocycles. The number of phenols is 1. The first-order valence-corrected chi connectivity index (χ1v) is 9.83. The average molecular weight is 396 g/mol. The predicted molar refractivity (Wildman–Crippen MR) is 82.0 cm³/mol. The van der Waals surface area contributed by atoms with E-state index in [1.807, 2.05) is 0 Å². The number of nitrogens with one attached hydrogen (secondary N) is 1. The third-order valence-electron chi connectivity index (χ3n) is 2.78. The molecule has 0 radical (unpaired) electrons. The first-order chi connectivity index (χ1) is 11.2. The van der Waals surface area contributed by atoms with Crippen LogP contribution in [0.5, 0.6) is 11.5 Å². The number of aromatic hydroxyl groups is 2. The van der Waals surface area contributed by atoms with E-state index in [0.29, 0.717) is 0 Å². The van der Waals surface area contributed by atoms with Crippen LogP contribution in [0.3, 0.4) is 0 Å². The summed E-state index contributed by atoms with van der Waals surface area (Å²) in [5.74, 6) is -2.61. The number of anilines is 1. The summed E-state index contributed by atoms with van der Waals surface area (Å²) in [5, 5.41) is 21.3. The molecular formula is C14H13AsN2O7. The van der Waals surface area contributed by atoms with Crippen molar-refractivity contribution < 1.29 is 31.4 Å². The molecule has 10 heteroatoms. The number of amides is 1. The molecule has 126 valence electrons. The summed E-state index contributed by atoms with van der Waals surface area (Å²) in [7, 11) is 0. The molecule has 4 N–H and O–H groups in total. The third kappa shape index (κ3) is 3.95. The predicted octanol–water partition coefficient (Wildman–Crippen LogP) is -0.123. The third-order valence-corrected chi connectivity index (χ3v) is 5.74. The van der Waals surface area contributed by atoms with Crippen molar-refractivity contribution in [3.63, 3.8) is 0 Å². The Kier molecular flexibility index (Phi) is 4.96. The van der Waals surface area contributed by atoms with Crippen molar-refractivity contribution in [1.82, 2.24) is 4.98 Å². The van der Waals surface area contributed by atoms with Crippen LogP contribution in [0.4, 0.5) is 5.69 Å². The Balaban J connectivity index is 2.37. The standard InChI is InChI=1S/C14H13AsN2O7/c1-8(18)17-11-7-9(19)4-5-10(11)15(22,23)24-14(21)13-12(20)3-2-6-16-13/h2-7,19-20H,1H3,(H,17,18)(H,22,23). The molecule has 1 atom stereocenters. The Bertz CT molecular complexity index is 853. The Morgan fingerprint density at radius 3 is 2.58 bits per heavy atom. The number of phenolic OH excluding ortho intramolecular Hbond substituents is 1. The van der Waals surface area contributed by atoms with Crippen LogP contribution in [0.15, 0.2) is 36.5 Å². The van der Waals surface area contributed by atoms with Crippen molar-refractivity contribution in [1.29, 1.82) is 0 Å². The van der Waals surface area contributed by atoms with E-state index in [2.05, 4.69) is 14.0 Å². The monoisotopic (exact) mass is 396 g/mol. The summed E-state index contributed by atoms with van der Waals surface area (Å²) < 4.78 is 26.9. The number of carbonyl (C=O) groups is 2. The number of nitrogens with zero attached hydrogens (tertiary/aromatic N) is 1. The van der Waals surface area contributed by atoms with Gasteiger partial charge >= 0.3 is 138 Å². The van der Waals surface area contributed by atoms with Gasteiger partial charge in [0.1, 0.15) is 0 Å². The van der Waals surface area contributed by atoms with E-state index in [4.69, 9.17) is 0 Å². The molecule has 0 saturated carbocycles. The molecule has 0 saturated heterocycles. The second kappa shape index (κ2) is 6.77. The Morgan fingerprint density at radius 2 is 1.96 bits per heavy atom. The summed E-state index contributed by atoms with van der Waals surface area (Å²) in [4.78, 5) is 26.7. The number of hydrogen-bond acceptors (Lipinski definition) is 7. The maximum absolute atomic E-state index is 12.5. The van der Waals surface area contributed by atoms with Gasteiger partial charge in [-0.1, -0.05) is 0 Å². The zero-order valence-corrected chi connectivity index (χ0v) is 14.2. The summed E-state index contributed by atoms with van der Waals surface area (Å²) in [6.07, 6.45) is 1.20. The number of hydrogen-bond donors (Lipinski definition) is 4. The zero-order chi connectivity index (χ0) is 17.9. The van der Waals surface area contributed by atoms with Gasteiger partial charge in [-0.25, -0.2) is 0 Å². The van der Waals surface area contributed by atoms with Crippen LogP contribution in [0.2, 0.25) is 0 Å². The second-order valence-corrected chi connectivity index (χ2v) is 8.23. The van der Waals surface area contributed by atoms with E-state index in [0.717, 1.165) is 18.2 Å². The molecule has 0 spiro atoms. The normalized spacial score (nSPS) is 12.9. The van der Waals surface area contributed by atoms with Crippen LogP contribution in [0.25, 0.3) is 0 Å². The van der Waals surface area contributed by atoms with Gasteiger partial charge < -0.3 is 0 Å². The van der Waals surface area contributed by atoms with E-state index in [1.165, 1.54) is 25.3 Å². The van der Waals surface area contributed by atoms with Gasteiger partial charge in [0, 0.05) is 0 Å². The number of carbonyl (C=O) groups excluding carboxylic acids is 2. The molecule has 1 aromatic heterocycles. The van der Waals surface area contributed by atoms with Gasteiger partial charge in [0.2, 0.25) is 0 Å². The van der Waals surface area contributed by atoms with Crippen LogP contribution < -0.4 is 9.67 Å². The first kappa shape index (κ1) is 17.6. The Morgan fingerprint density at radius 1 is 1.25 bits per heavy atom. The molecule has 24 heavy (non-hydrogen) atoms. The van der Waals surface area contributed by atoms with Crippen molar-refractivity contribution >= 4 is 36.1 Å². The molecule has 1 unspecified atom stereocenters.